The molecule has 2 rings (SSSR count). The predicted octanol–water partition coefficient (Wildman–Crippen LogP) is 0.716. The van der Waals surface area contributed by atoms with Crippen LogP contribution in [0.2, 0.25) is 0 Å². The summed E-state index contributed by atoms with van der Waals surface area (Å²) in [6, 6.07) is 9.75. The molecule has 1 heterocycles. The highest BCUT2D eigenvalue weighted by Gasteiger charge is 2.30. The lowest BCUT2D eigenvalue weighted by molar-refractivity contribution is 0.0107. The molecule has 0 bridgehead atoms. The van der Waals surface area contributed by atoms with Crippen molar-refractivity contribution in [1.82, 2.24) is 9.80 Å². The van der Waals surface area contributed by atoms with E-state index >= 15 is 0 Å². The van der Waals surface area contributed by atoms with Crippen LogP contribution in [0.4, 0.5) is 0 Å². The van der Waals surface area contributed by atoms with E-state index in [1.807, 2.05) is 30.3 Å². The smallest absolute Gasteiger partial charge is 0.114 e. The molecule has 1 aliphatic heterocycles. The van der Waals surface area contributed by atoms with Crippen molar-refractivity contribution in [3.05, 3.63) is 35.9 Å². The van der Waals surface area contributed by atoms with Crippen molar-refractivity contribution in [1.29, 1.82) is 0 Å². The molecule has 0 aromatic heterocycles. The fraction of sp³-hybridized carbons (Fsp3) is 0.625. The van der Waals surface area contributed by atoms with Gasteiger partial charge in [-0.2, -0.15) is 0 Å². The van der Waals surface area contributed by atoms with Gasteiger partial charge in [0.1, 0.15) is 5.60 Å². The molecule has 0 aliphatic carbocycles. The normalized spacial score (nSPS) is 23.1. The summed E-state index contributed by atoms with van der Waals surface area (Å²) in [5, 5.41) is 10.8. The van der Waals surface area contributed by atoms with Gasteiger partial charge in [0.05, 0.1) is 0 Å². The first-order chi connectivity index (χ1) is 9.53. The summed E-state index contributed by atoms with van der Waals surface area (Å²) < 4.78 is 0. The van der Waals surface area contributed by atoms with Crippen molar-refractivity contribution < 1.29 is 5.11 Å². The Hall–Kier alpha value is -0.940. The molecule has 1 saturated heterocycles. The maximum absolute atomic E-state index is 10.8. The highest BCUT2D eigenvalue weighted by atomic mass is 16.3. The Morgan fingerprint density at radius 1 is 1.40 bits per heavy atom. The van der Waals surface area contributed by atoms with Crippen LogP contribution in [0.1, 0.15) is 12.0 Å². The molecule has 0 amide bonds. The Morgan fingerprint density at radius 2 is 2.10 bits per heavy atom. The van der Waals surface area contributed by atoms with Crippen molar-refractivity contribution in [2.45, 2.75) is 12.0 Å². The van der Waals surface area contributed by atoms with Crippen LogP contribution in [0.15, 0.2) is 30.3 Å². The molecule has 1 aromatic carbocycles. The number of benzene rings is 1. The molecule has 0 saturated carbocycles. The van der Waals surface area contributed by atoms with E-state index in [4.69, 9.17) is 5.73 Å². The van der Waals surface area contributed by atoms with Crippen molar-refractivity contribution >= 4 is 0 Å². The number of aliphatic hydroxyl groups is 1. The predicted molar refractivity (Wildman–Crippen MR) is 82.5 cm³/mol. The fourth-order valence-electron chi connectivity index (χ4n) is 3.15. The summed E-state index contributed by atoms with van der Waals surface area (Å²) >= 11 is 0. The molecule has 4 heteroatoms. The van der Waals surface area contributed by atoms with E-state index in [1.54, 1.807) is 0 Å². The van der Waals surface area contributed by atoms with Crippen LogP contribution in [0.3, 0.4) is 0 Å². The van der Waals surface area contributed by atoms with E-state index in [0.29, 0.717) is 12.5 Å². The summed E-state index contributed by atoms with van der Waals surface area (Å²) in [5.41, 5.74) is 5.78. The van der Waals surface area contributed by atoms with Gasteiger partial charge in [-0.05, 0) is 38.5 Å². The SMILES string of the molecule is CN1CCC(CN(C)CC(O)(CN)c2ccccc2)C1. The zero-order valence-electron chi connectivity index (χ0n) is 12.6. The third-order valence-corrected chi connectivity index (χ3v) is 4.24. The summed E-state index contributed by atoms with van der Waals surface area (Å²) in [4.78, 5) is 4.58. The molecular formula is C16H27N3O. The Labute approximate surface area is 122 Å². The molecular weight excluding hydrogens is 250 g/mol. The first-order valence-electron chi connectivity index (χ1n) is 7.38. The fourth-order valence-corrected chi connectivity index (χ4v) is 3.15. The standard InChI is InChI=1S/C16H27N3O/c1-18-9-8-14(10-18)11-19(2)13-16(20,12-17)15-6-4-3-5-7-15/h3-7,14,20H,8-13,17H2,1-2H3. The van der Waals surface area contributed by atoms with Crippen molar-refractivity contribution in [3.63, 3.8) is 0 Å². The van der Waals surface area contributed by atoms with Crippen LogP contribution in [0, 0.1) is 5.92 Å². The lowest BCUT2D eigenvalue weighted by Crippen LogP contribution is -2.46. The van der Waals surface area contributed by atoms with Gasteiger partial charge in [-0.3, -0.25) is 0 Å². The molecule has 0 radical (unpaired) electrons. The molecule has 112 valence electrons. The lowest BCUT2D eigenvalue weighted by Gasteiger charge is -2.33. The van der Waals surface area contributed by atoms with Crippen LogP contribution in [0.25, 0.3) is 0 Å². The number of hydrogen-bond acceptors (Lipinski definition) is 4. The molecule has 1 aromatic rings. The summed E-state index contributed by atoms with van der Waals surface area (Å²) in [7, 11) is 4.24. The van der Waals surface area contributed by atoms with Gasteiger partial charge in [-0.25, -0.2) is 0 Å². The summed E-state index contributed by atoms with van der Waals surface area (Å²) in [6.07, 6.45) is 1.24. The van der Waals surface area contributed by atoms with Gasteiger partial charge in [-0.15, -0.1) is 0 Å². The maximum Gasteiger partial charge on any atom is 0.114 e. The summed E-state index contributed by atoms with van der Waals surface area (Å²) in [5.74, 6) is 0.697. The quantitative estimate of drug-likeness (QED) is 0.804. The average molecular weight is 277 g/mol. The second-order valence-electron chi connectivity index (χ2n) is 6.22. The Balaban J connectivity index is 1.95. The zero-order chi connectivity index (χ0) is 14.6. The van der Waals surface area contributed by atoms with Gasteiger partial charge < -0.3 is 20.6 Å². The molecule has 20 heavy (non-hydrogen) atoms. The monoisotopic (exact) mass is 277 g/mol. The lowest BCUT2D eigenvalue weighted by atomic mass is 9.93. The minimum atomic E-state index is -0.958. The van der Waals surface area contributed by atoms with Crippen LogP contribution in [-0.4, -0.2) is 61.7 Å². The molecule has 3 N–H and O–H groups in total. The van der Waals surface area contributed by atoms with Gasteiger partial charge in [0.25, 0.3) is 0 Å². The number of hydrogen-bond donors (Lipinski definition) is 2. The third-order valence-electron chi connectivity index (χ3n) is 4.24. The van der Waals surface area contributed by atoms with Gasteiger partial charge in [0.15, 0.2) is 0 Å². The second-order valence-corrected chi connectivity index (χ2v) is 6.22. The van der Waals surface area contributed by atoms with E-state index in [-0.39, 0.29) is 6.54 Å². The number of nitrogens with zero attached hydrogens (tertiary/aromatic N) is 2. The number of likely N-dealkylation sites (N-methyl/N-ethyl adjacent to an activating group) is 1. The van der Waals surface area contributed by atoms with Gasteiger partial charge >= 0.3 is 0 Å². The number of nitrogens with two attached hydrogens (primary N) is 1. The number of likely N-dealkylation sites (tertiary alicyclic amines) is 1. The van der Waals surface area contributed by atoms with E-state index < -0.39 is 5.60 Å². The zero-order valence-corrected chi connectivity index (χ0v) is 12.6. The average Bonchev–Trinajstić information content (AvgIpc) is 2.84. The third kappa shape index (κ3) is 3.79. The van der Waals surface area contributed by atoms with Gasteiger partial charge in [-0.1, -0.05) is 30.3 Å². The van der Waals surface area contributed by atoms with E-state index in [0.717, 1.165) is 18.7 Å². The Bertz CT molecular complexity index is 411. The van der Waals surface area contributed by atoms with Crippen molar-refractivity contribution in [2.24, 2.45) is 11.7 Å². The second kappa shape index (κ2) is 6.68. The van der Waals surface area contributed by atoms with Gasteiger partial charge in [0, 0.05) is 26.2 Å². The summed E-state index contributed by atoms with van der Waals surface area (Å²) in [6.45, 7) is 4.16. The van der Waals surface area contributed by atoms with E-state index in [2.05, 4.69) is 23.9 Å². The molecule has 2 unspecified atom stereocenters. The largest absolute Gasteiger partial charge is 0.382 e. The highest BCUT2D eigenvalue weighted by Crippen LogP contribution is 2.22. The van der Waals surface area contributed by atoms with Gasteiger partial charge in [0.2, 0.25) is 0 Å². The highest BCUT2D eigenvalue weighted by molar-refractivity contribution is 5.23. The molecule has 1 aliphatic rings. The Kier molecular flexibility index (Phi) is 5.16. The van der Waals surface area contributed by atoms with Crippen LogP contribution in [-0.2, 0) is 5.60 Å². The van der Waals surface area contributed by atoms with Crippen LogP contribution in [0.5, 0.6) is 0 Å². The van der Waals surface area contributed by atoms with E-state index in [1.165, 1.54) is 13.0 Å². The minimum absolute atomic E-state index is 0.242. The van der Waals surface area contributed by atoms with Crippen LogP contribution >= 0.6 is 0 Å². The maximum atomic E-state index is 10.8. The molecule has 1 fully saturated rings. The van der Waals surface area contributed by atoms with E-state index in [9.17, 15) is 5.11 Å². The van der Waals surface area contributed by atoms with Crippen molar-refractivity contribution in [3.8, 4) is 0 Å². The first kappa shape index (κ1) is 15.4. The van der Waals surface area contributed by atoms with Crippen molar-refractivity contribution in [2.75, 3.05) is 46.8 Å². The first-order valence-corrected chi connectivity index (χ1v) is 7.38. The molecule has 2 atom stereocenters. The number of rotatable bonds is 6. The van der Waals surface area contributed by atoms with Crippen LogP contribution < -0.4 is 5.73 Å². The molecule has 0 spiro atoms. The topological polar surface area (TPSA) is 52.7 Å². The molecule has 4 nitrogen and oxygen atoms in total. The minimum Gasteiger partial charge on any atom is -0.382 e. The Morgan fingerprint density at radius 3 is 2.65 bits per heavy atom.